The van der Waals surface area contributed by atoms with Gasteiger partial charge in [0.25, 0.3) is 5.91 Å². The van der Waals surface area contributed by atoms with Crippen LogP contribution < -0.4 is 5.32 Å². The summed E-state index contributed by atoms with van der Waals surface area (Å²) in [5, 5.41) is 9.95. The Kier molecular flexibility index (Phi) is 3.67. The number of benzene rings is 1. The van der Waals surface area contributed by atoms with Crippen molar-refractivity contribution in [3.05, 3.63) is 47.5 Å². The first-order valence-electron chi connectivity index (χ1n) is 7.66. The van der Waals surface area contributed by atoms with E-state index in [1.807, 2.05) is 31.2 Å². The molecule has 0 fully saturated rings. The molecule has 0 saturated carbocycles. The Morgan fingerprint density at radius 1 is 1.26 bits per heavy atom. The largest absolute Gasteiger partial charge is 0.341 e. The Labute approximate surface area is 134 Å². The monoisotopic (exact) mass is 311 g/mol. The molecule has 2 heterocycles. The molecule has 1 atom stereocenters. The average Bonchev–Trinajstić information content (AvgIpc) is 3.13. The van der Waals surface area contributed by atoms with Crippen molar-refractivity contribution in [2.75, 3.05) is 0 Å². The highest BCUT2D eigenvalue weighted by Crippen LogP contribution is 2.21. The number of H-pyrrole nitrogens is 2. The third kappa shape index (κ3) is 3.11. The Morgan fingerprint density at radius 2 is 2.00 bits per heavy atom. The fourth-order valence-electron chi connectivity index (χ4n) is 2.34. The SMILES string of the molecule is CC(NC(=O)c1cc(C(C)(C)C)[nH]n1)c1nc2ccccc2[nH]1. The minimum Gasteiger partial charge on any atom is -0.341 e. The van der Waals surface area contributed by atoms with E-state index in [2.05, 4.69) is 46.3 Å². The molecule has 0 aliphatic heterocycles. The lowest BCUT2D eigenvalue weighted by molar-refractivity contribution is 0.0933. The van der Waals surface area contributed by atoms with Crippen LogP contribution in [-0.2, 0) is 5.41 Å². The summed E-state index contributed by atoms with van der Waals surface area (Å²) in [4.78, 5) is 20.1. The lowest BCUT2D eigenvalue weighted by atomic mass is 9.92. The predicted octanol–water partition coefficient (Wildman–Crippen LogP) is 3.07. The number of fused-ring (bicyclic) bond motifs is 1. The van der Waals surface area contributed by atoms with Crippen LogP contribution >= 0.6 is 0 Å². The number of aromatic amines is 2. The number of hydrogen-bond acceptors (Lipinski definition) is 3. The molecule has 23 heavy (non-hydrogen) atoms. The van der Waals surface area contributed by atoms with Crippen LogP contribution in [0.15, 0.2) is 30.3 Å². The summed E-state index contributed by atoms with van der Waals surface area (Å²) in [6.45, 7) is 8.10. The second-order valence-corrected chi connectivity index (χ2v) is 6.75. The fraction of sp³-hybridized carbons (Fsp3) is 0.353. The number of nitrogens with one attached hydrogen (secondary N) is 3. The lowest BCUT2D eigenvalue weighted by Crippen LogP contribution is -2.27. The van der Waals surface area contributed by atoms with Gasteiger partial charge >= 0.3 is 0 Å². The zero-order valence-corrected chi connectivity index (χ0v) is 13.8. The van der Waals surface area contributed by atoms with Gasteiger partial charge in [-0.15, -0.1) is 0 Å². The second-order valence-electron chi connectivity index (χ2n) is 6.75. The zero-order chi connectivity index (χ0) is 16.6. The molecular formula is C17H21N5O. The first-order valence-corrected chi connectivity index (χ1v) is 7.66. The number of carbonyl (C=O) groups excluding carboxylic acids is 1. The van der Waals surface area contributed by atoms with Crippen LogP contribution in [0, 0.1) is 0 Å². The van der Waals surface area contributed by atoms with Crippen LogP contribution in [0.25, 0.3) is 11.0 Å². The molecule has 6 nitrogen and oxygen atoms in total. The van der Waals surface area contributed by atoms with Crippen molar-refractivity contribution in [3.8, 4) is 0 Å². The zero-order valence-electron chi connectivity index (χ0n) is 13.8. The molecular weight excluding hydrogens is 290 g/mol. The number of nitrogens with zero attached hydrogens (tertiary/aromatic N) is 2. The van der Waals surface area contributed by atoms with E-state index >= 15 is 0 Å². The molecule has 2 aromatic heterocycles. The Morgan fingerprint density at radius 3 is 2.65 bits per heavy atom. The molecule has 1 unspecified atom stereocenters. The molecule has 3 N–H and O–H groups in total. The smallest absolute Gasteiger partial charge is 0.272 e. The van der Waals surface area contributed by atoms with Gasteiger partial charge in [0.15, 0.2) is 0 Å². The number of imidazole rings is 1. The van der Waals surface area contributed by atoms with E-state index < -0.39 is 0 Å². The molecule has 1 amide bonds. The number of carbonyl (C=O) groups is 1. The summed E-state index contributed by atoms with van der Waals surface area (Å²) in [5.74, 6) is 0.510. The molecule has 0 saturated heterocycles. The van der Waals surface area contributed by atoms with Crippen molar-refractivity contribution in [1.82, 2.24) is 25.5 Å². The highest BCUT2D eigenvalue weighted by Gasteiger charge is 2.21. The van der Waals surface area contributed by atoms with Crippen molar-refractivity contribution in [2.45, 2.75) is 39.2 Å². The van der Waals surface area contributed by atoms with Crippen molar-refractivity contribution in [3.63, 3.8) is 0 Å². The van der Waals surface area contributed by atoms with Crippen LogP contribution in [0.1, 0.15) is 55.7 Å². The number of hydrogen-bond donors (Lipinski definition) is 3. The van der Waals surface area contributed by atoms with Gasteiger partial charge in [-0.2, -0.15) is 5.10 Å². The number of rotatable bonds is 3. The molecule has 0 radical (unpaired) electrons. The molecule has 3 aromatic rings. The minimum atomic E-state index is -0.232. The second kappa shape index (κ2) is 5.53. The van der Waals surface area contributed by atoms with E-state index in [1.165, 1.54) is 0 Å². The molecule has 3 rings (SSSR count). The Hall–Kier alpha value is -2.63. The summed E-state index contributed by atoms with van der Waals surface area (Å²) in [5.41, 5.74) is 3.09. The van der Waals surface area contributed by atoms with Crippen molar-refractivity contribution < 1.29 is 4.79 Å². The van der Waals surface area contributed by atoms with E-state index in [4.69, 9.17) is 0 Å². The maximum Gasteiger partial charge on any atom is 0.272 e. The summed E-state index contributed by atoms with van der Waals surface area (Å²) in [6, 6.07) is 9.35. The summed E-state index contributed by atoms with van der Waals surface area (Å²) in [7, 11) is 0. The van der Waals surface area contributed by atoms with Gasteiger partial charge in [0.2, 0.25) is 0 Å². The molecule has 0 aliphatic carbocycles. The molecule has 0 bridgehead atoms. The molecule has 6 heteroatoms. The maximum atomic E-state index is 12.3. The van der Waals surface area contributed by atoms with Crippen LogP contribution in [-0.4, -0.2) is 26.1 Å². The van der Waals surface area contributed by atoms with Gasteiger partial charge in [-0.3, -0.25) is 9.89 Å². The standard InChI is InChI=1S/C17H21N5O/c1-10(15-19-11-7-5-6-8-12(11)20-15)18-16(23)13-9-14(22-21-13)17(2,3)4/h5-10H,1-4H3,(H,18,23)(H,19,20)(H,21,22). The Bertz CT molecular complexity index is 807. The van der Waals surface area contributed by atoms with Gasteiger partial charge < -0.3 is 10.3 Å². The van der Waals surface area contributed by atoms with E-state index in [9.17, 15) is 4.79 Å². The first kappa shape index (κ1) is 15.3. The lowest BCUT2D eigenvalue weighted by Gasteiger charge is -2.14. The summed E-state index contributed by atoms with van der Waals surface area (Å²) in [6.07, 6.45) is 0. The van der Waals surface area contributed by atoms with Crippen molar-refractivity contribution in [1.29, 1.82) is 0 Å². The maximum absolute atomic E-state index is 12.3. The van der Waals surface area contributed by atoms with Gasteiger partial charge in [-0.1, -0.05) is 32.9 Å². The van der Waals surface area contributed by atoms with Crippen molar-refractivity contribution in [2.24, 2.45) is 0 Å². The quantitative estimate of drug-likeness (QED) is 0.694. The van der Waals surface area contributed by atoms with Gasteiger partial charge in [0, 0.05) is 11.1 Å². The molecule has 0 aliphatic rings. The van der Waals surface area contributed by atoms with E-state index in [0.29, 0.717) is 5.69 Å². The van der Waals surface area contributed by atoms with Crippen molar-refractivity contribution >= 4 is 16.9 Å². The third-order valence-electron chi connectivity index (χ3n) is 3.78. The number of aromatic nitrogens is 4. The highest BCUT2D eigenvalue weighted by atomic mass is 16.2. The average molecular weight is 311 g/mol. The van der Waals surface area contributed by atoms with Crippen LogP contribution in [0.4, 0.5) is 0 Å². The van der Waals surface area contributed by atoms with Gasteiger partial charge in [0.1, 0.15) is 11.5 Å². The predicted molar refractivity (Wildman–Crippen MR) is 89.3 cm³/mol. The van der Waals surface area contributed by atoms with Crippen LogP contribution in [0.2, 0.25) is 0 Å². The summed E-state index contributed by atoms with van der Waals surface area (Å²) >= 11 is 0. The van der Waals surface area contributed by atoms with E-state index in [1.54, 1.807) is 6.07 Å². The van der Waals surface area contributed by atoms with E-state index in [0.717, 1.165) is 22.6 Å². The normalized spacial score (nSPS) is 13.2. The fourth-order valence-corrected chi connectivity index (χ4v) is 2.34. The number of para-hydroxylation sites is 2. The minimum absolute atomic E-state index is 0.0735. The third-order valence-corrected chi connectivity index (χ3v) is 3.78. The topological polar surface area (TPSA) is 86.5 Å². The first-order chi connectivity index (χ1) is 10.8. The highest BCUT2D eigenvalue weighted by molar-refractivity contribution is 5.92. The molecule has 0 spiro atoms. The summed E-state index contributed by atoms with van der Waals surface area (Å²) < 4.78 is 0. The van der Waals surface area contributed by atoms with Gasteiger partial charge in [-0.25, -0.2) is 4.98 Å². The van der Waals surface area contributed by atoms with Crippen LogP contribution in [0.3, 0.4) is 0 Å². The Balaban J connectivity index is 1.75. The molecule has 120 valence electrons. The van der Waals surface area contributed by atoms with Crippen LogP contribution in [0.5, 0.6) is 0 Å². The molecule has 1 aromatic carbocycles. The van der Waals surface area contributed by atoms with Gasteiger partial charge in [0.05, 0.1) is 17.1 Å². The number of amides is 1. The van der Waals surface area contributed by atoms with E-state index in [-0.39, 0.29) is 17.4 Å². The van der Waals surface area contributed by atoms with Gasteiger partial charge in [-0.05, 0) is 25.1 Å².